The number of allylic oxidation sites excluding steroid dienone is 1. The Kier molecular flexibility index (Phi) is 6.58. The van der Waals surface area contributed by atoms with Crippen LogP contribution in [-0.4, -0.2) is 29.9 Å². The van der Waals surface area contributed by atoms with Gasteiger partial charge in [-0.25, -0.2) is 0 Å². The van der Waals surface area contributed by atoms with Crippen molar-refractivity contribution in [1.29, 1.82) is 0 Å². The van der Waals surface area contributed by atoms with Crippen molar-refractivity contribution in [3.8, 4) is 5.75 Å². The van der Waals surface area contributed by atoms with Gasteiger partial charge in [0, 0.05) is 29.1 Å². The highest BCUT2D eigenvalue weighted by molar-refractivity contribution is 7.10. The molecule has 0 radical (unpaired) electrons. The fraction of sp³-hybridized carbons (Fsp3) is 0.310. The molecule has 2 aliphatic rings. The molecule has 3 aromatic rings. The zero-order chi connectivity index (χ0) is 25.3. The summed E-state index contributed by atoms with van der Waals surface area (Å²) in [5.74, 6) is 0.264. The van der Waals surface area contributed by atoms with Crippen molar-refractivity contribution < 1.29 is 14.7 Å². The number of amides is 1. The van der Waals surface area contributed by atoms with E-state index < -0.39 is 0 Å². The molecule has 7 heteroatoms. The van der Waals surface area contributed by atoms with Crippen molar-refractivity contribution in [2.45, 2.75) is 39.2 Å². The summed E-state index contributed by atoms with van der Waals surface area (Å²) in [6, 6.07) is 18.7. The Balaban J connectivity index is 1.46. The number of fused-ring (bicyclic) bond motifs is 1. The normalized spacial score (nSPS) is 18.7. The Morgan fingerprint density at radius 2 is 1.89 bits per heavy atom. The standard InChI is InChI=1S/C29H31N3O3S/c1-29(2)16-22-27(24(34)17-29)28(25-8-5-15-36-25)32(23-7-4-3-6-21(23)31-22)18-26(35)30-14-13-19-9-11-20(33)12-10-19/h3-12,15,28,31,33H,13-14,16-18H2,1-2H3,(H,30,35). The molecule has 0 bridgehead atoms. The molecule has 3 N–H and O–H groups in total. The Labute approximate surface area is 215 Å². The second-order valence-electron chi connectivity index (χ2n) is 10.3. The largest absolute Gasteiger partial charge is 0.508 e. The molecule has 0 spiro atoms. The second-order valence-corrected chi connectivity index (χ2v) is 11.3. The number of nitrogens with zero attached hydrogens (tertiary/aromatic N) is 1. The molecule has 36 heavy (non-hydrogen) atoms. The summed E-state index contributed by atoms with van der Waals surface area (Å²) in [7, 11) is 0. The first-order valence-electron chi connectivity index (χ1n) is 12.3. The van der Waals surface area contributed by atoms with E-state index in [0.29, 0.717) is 19.4 Å². The Morgan fingerprint density at radius 1 is 1.11 bits per heavy atom. The zero-order valence-electron chi connectivity index (χ0n) is 20.6. The van der Waals surface area contributed by atoms with E-state index in [0.717, 1.165) is 39.5 Å². The number of anilines is 2. The summed E-state index contributed by atoms with van der Waals surface area (Å²) in [6.45, 7) is 4.88. The van der Waals surface area contributed by atoms with Gasteiger partial charge in [-0.1, -0.05) is 44.2 Å². The lowest BCUT2D eigenvalue weighted by atomic mass is 9.74. The van der Waals surface area contributed by atoms with Crippen LogP contribution in [0, 0.1) is 5.41 Å². The third-order valence-electron chi connectivity index (χ3n) is 6.80. The number of hydrogen-bond donors (Lipinski definition) is 3. The van der Waals surface area contributed by atoms with Gasteiger partial charge < -0.3 is 20.6 Å². The highest BCUT2D eigenvalue weighted by atomic mass is 32.1. The predicted octanol–water partition coefficient (Wildman–Crippen LogP) is 5.43. The molecule has 1 aliphatic carbocycles. The SMILES string of the molecule is CC1(C)CC(=O)C2=C(C1)Nc1ccccc1N(CC(=O)NCCc1ccc(O)cc1)C2c1cccs1. The summed E-state index contributed by atoms with van der Waals surface area (Å²) in [6.07, 6.45) is 1.93. The number of thiophene rings is 1. The average molecular weight is 502 g/mol. The van der Waals surface area contributed by atoms with Crippen LogP contribution in [0.15, 0.2) is 77.3 Å². The van der Waals surface area contributed by atoms with Crippen LogP contribution >= 0.6 is 11.3 Å². The van der Waals surface area contributed by atoms with Gasteiger partial charge in [-0.05, 0) is 59.5 Å². The summed E-state index contributed by atoms with van der Waals surface area (Å²) in [5, 5.41) is 18.1. The number of aromatic hydroxyl groups is 1. The molecule has 2 heterocycles. The number of carbonyl (C=O) groups is 2. The molecule has 1 amide bonds. The van der Waals surface area contributed by atoms with Crippen molar-refractivity contribution in [2.24, 2.45) is 5.41 Å². The summed E-state index contributed by atoms with van der Waals surface area (Å²) < 4.78 is 0. The fourth-order valence-corrected chi connectivity index (χ4v) is 6.03. The van der Waals surface area contributed by atoms with E-state index in [2.05, 4.69) is 35.4 Å². The number of rotatable bonds is 6. The maximum Gasteiger partial charge on any atom is 0.239 e. The lowest BCUT2D eigenvalue weighted by Gasteiger charge is -2.37. The van der Waals surface area contributed by atoms with Crippen LogP contribution < -0.4 is 15.5 Å². The monoisotopic (exact) mass is 501 g/mol. The van der Waals surface area contributed by atoms with Gasteiger partial charge in [0.1, 0.15) is 5.75 Å². The van der Waals surface area contributed by atoms with Crippen molar-refractivity contribution >= 4 is 34.4 Å². The number of Topliss-reactive ketones (excluding diaryl/α,β-unsaturated/α-hetero) is 1. The minimum atomic E-state index is -0.331. The minimum Gasteiger partial charge on any atom is -0.508 e. The summed E-state index contributed by atoms with van der Waals surface area (Å²) >= 11 is 1.61. The van der Waals surface area contributed by atoms with Gasteiger partial charge in [0.2, 0.25) is 5.91 Å². The van der Waals surface area contributed by atoms with Crippen LogP contribution in [0.2, 0.25) is 0 Å². The van der Waals surface area contributed by atoms with Gasteiger partial charge >= 0.3 is 0 Å². The molecule has 0 saturated heterocycles. The van der Waals surface area contributed by atoms with Gasteiger partial charge in [-0.3, -0.25) is 9.59 Å². The summed E-state index contributed by atoms with van der Waals surface area (Å²) in [5.41, 5.74) is 4.45. The van der Waals surface area contributed by atoms with Gasteiger partial charge in [-0.15, -0.1) is 11.3 Å². The van der Waals surface area contributed by atoms with Crippen molar-refractivity contribution in [1.82, 2.24) is 5.32 Å². The van der Waals surface area contributed by atoms with Crippen LogP contribution in [0.3, 0.4) is 0 Å². The Bertz CT molecular complexity index is 1300. The first-order valence-corrected chi connectivity index (χ1v) is 13.2. The molecule has 5 rings (SSSR count). The number of carbonyl (C=O) groups excluding carboxylic acids is 2. The van der Waals surface area contributed by atoms with E-state index in [4.69, 9.17) is 0 Å². The van der Waals surface area contributed by atoms with E-state index in [1.54, 1.807) is 23.5 Å². The zero-order valence-corrected chi connectivity index (χ0v) is 21.4. The number of para-hydroxylation sites is 2. The summed E-state index contributed by atoms with van der Waals surface area (Å²) in [4.78, 5) is 29.9. The third kappa shape index (κ3) is 5.02. The van der Waals surface area contributed by atoms with E-state index in [9.17, 15) is 14.7 Å². The van der Waals surface area contributed by atoms with E-state index in [1.807, 2.05) is 47.8 Å². The third-order valence-corrected chi connectivity index (χ3v) is 7.73. The molecule has 2 aromatic carbocycles. The fourth-order valence-electron chi connectivity index (χ4n) is 5.19. The predicted molar refractivity (Wildman–Crippen MR) is 144 cm³/mol. The van der Waals surface area contributed by atoms with E-state index in [-0.39, 0.29) is 35.4 Å². The van der Waals surface area contributed by atoms with E-state index >= 15 is 0 Å². The molecule has 1 aliphatic heterocycles. The van der Waals surface area contributed by atoms with Crippen molar-refractivity contribution in [2.75, 3.05) is 23.3 Å². The molecular formula is C29H31N3O3S. The average Bonchev–Trinajstić information content (AvgIpc) is 3.32. The molecule has 1 unspecified atom stereocenters. The maximum absolute atomic E-state index is 13.6. The van der Waals surface area contributed by atoms with Crippen LogP contribution in [-0.2, 0) is 16.0 Å². The number of phenolic OH excluding ortho intramolecular Hbond substituents is 1. The highest BCUT2D eigenvalue weighted by Gasteiger charge is 2.42. The highest BCUT2D eigenvalue weighted by Crippen LogP contribution is 2.48. The molecule has 1 aromatic heterocycles. The molecule has 186 valence electrons. The lowest BCUT2D eigenvalue weighted by Crippen LogP contribution is -2.42. The topological polar surface area (TPSA) is 81.7 Å². The molecule has 6 nitrogen and oxygen atoms in total. The first kappa shape index (κ1) is 24.1. The first-order chi connectivity index (χ1) is 17.3. The Hall–Kier alpha value is -3.58. The van der Waals surface area contributed by atoms with Crippen LogP contribution in [0.1, 0.15) is 43.2 Å². The van der Waals surface area contributed by atoms with Crippen molar-refractivity contribution in [3.63, 3.8) is 0 Å². The van der Waals surface area contributed by atoms with E-state index in [1.165, 1.54) is 0 Å². The van der Waals surface area contributed by atoms with Gasteiger partial charge in [-0.2, -0.15) is 0 Å². The Morgan fingerprint density at radius 3 is 2.64 bits per heavy atom. The minimum absolute atomic E-state index is 0.0993. The number of nitrogens with one attached hydrogen (secondary N) is 2. The quantitative estimate of drug-likeness (QED) is 0.420. The maximum atomic E-state index is 13.6. The molecule has 0 saturated carbocycles. The molecule has 1 atom stereocenters. The number of ketones is 1. The molecular weight excluding hydrogens is 470 g/mol. The lowest BCUT2D eigenvalue weighted by molar-refractivity contribution is -0.120. The smallest absolute Gasteiger partial charge is 0.239 e. The van der Waals surface area contributed by atoms with Crippen LogP contribution in [0.4, 0.5) is 11.4 Å². The number of hydrogen-bond acceptors (Lipinski definition) is 6. The van der Waals surface area contributed by atoms with Gasteiger partial charge in [0.25, 0.3) is 0 Å². The van der Waals surface area contributed by atoms with Gasteiger partial charge in [0.05, 0.1) is 24.0 Å². The van der Waals surface area contributed by atoms with Crippen molar-refractivity contribution in [3.05, 3.63) is 87.8 Å². The number of benzene rings is 2. The number of phenols is 1. The second kappa shape index (κ2) is 9.82. The van der Waals surface area contributed by atoms with Crippen LogP contribution in [0.25, 0.3) is 0 Å². The van der Waals surface area contributed by atoms with Crippen LogP contribution in [0.5, 0.6) is 5.75 Å². The molecule has 0 fully saturated rings. The van der Waals surface area contributed by atoms with Gasteiger partial charge in [0.15, 0.2) is 5.78 Å².